The van der Waals surface area contributed by atoms with Gasteiger partial charge in [0.1, 0.15) is 0 Å². The summed E-state index contributed by atoms with van der Waals surface area (Å²) >= 11 is -1.26. The van der Waals surface area contributed by atoms with Crippen molar-refractivity contribution in [3.05, 3.63) is 0 Å². The van der Waals surface area contributed by atoms with Gasteiger partial charge in [0, 0.05) is 0 Å². The van der Waals surface area contributed by atoms with Crippen LogP contribution in [0.4, 0.5) is 0 Å². The van der Waals surface area contributed by atoms with Gasteiger partial charge in [-0.2, -0.15) is 0 Å². The van der Waals surface area contributed by atoms with Gasteiger partial charge < -0.3 is 5.48 Å². The summed E-state index contributed by atoms with van der Waals surface area (Å²) in [6.45, 7) is 9.46. The maximum Gasteiger partial charge on any atom is -0.870 e. The molecule has 18 heavy (non-hydrogen) atoms. The normalized spacial score (nSPS) is 11.3. The Labute approximate surface area is 119 Å². The summed E-state index contributed by atoms with van der Waals surface area (Å²) in [5.41, 5.74) is 0. The fraction of sp³-hybridized carbons (Fsp3) is 1.00. The van der Waals surface area contributed by atoms with E-state index in [4.69, 9.17) is 0 Å². The van der Waals surface area contributed by atoms with E-state index in [0.29, 0.717) is 0 Å². The molecule has 1 N–H and O–H groups in total. The molecule has 0 radical (unpaired) electrons. The summed E-state index contributed by atoms with van der Waals surface area (Å²) < 4.78 is 0. The van der Waals surface area contributed by atoms with Gasteiger partial charge in [-0.1, -0.05) is 0 Å². The quantitative estimate of drug-likeness (QED) is 0.379. The third-order valence-electron chi connectivity index (χ3n) is 3.94. The first-order valence-corrected chi connectivity index (χ1v) is 13.4. The summed E-state index contributed by atoms with van der Waals surface area (Å²) in [5.74, 6) is 0. The molecule has 0 rings (SSSR count). The molecule has 0 heterocycles. The van der Waals surface area contributed by atoms with Crippen LogP contribution in [0.3, 0.4) is 0 Å². The third kappa shape index (κ3) is 9.45. The van der Waals surface area contributed by atoms with E-state index in [1.165, 1.54) is 51.4 Å². The average Bonchev–Trinajstić information content (AvgIpc) is 2.37. The van der Waals surface area contributed by atoms with Crippen LogP contribution in [-0.2, 0) is 0 Å². The minimum absolute atomic E-state index is 0. The van der Waals surface area contributed by atoms with Crippen LogP contribution in [0.15, 0.2) is 0 Å². The van der Waals surface area contributed by atoms with Crippen molar-refractivity contribution >= 4 is 13.6 Å². The van der Waals surface area contributed by atoms with E-state index in [2.05, 4.69) is 27.7 Å². The fourth-order valence-electron chi connectivity index (χ4n) is 2.64. The molecule has 0 saturated heterocycles. The largest absolute Gasteiger partial charge is 0.870 e. The van der Waals surface area contributed by atoms with E-state index in [-0.39, 0.29) is 5.48 Å². The Morgan fingerprint density at radius 1 is 0.500 bits per heavy atom. The van der Waals surface area contributed by atoms with Gasteiger partial charge in [-0.3, -0.25) is 0 Å². The minimum Gasteiger partial charge on any atom is -0.870 e. The van der Waals surface area contributed by atoms with Crippen LogP contribution in [0.1, 0.15) is 79.1 Å². The van der Waals surface area contributed by atoms with Gasteiger partial charge in [-0.05, 0) is 0 Å². The zero-order valence-electron chi connectivity index (χ0n) is 13.4. The van der Waals surface area contributed by atoms with Crippen LogP contribution in [0.25, 0.3) is 0 Å². The first kappa shape index (κ1) is 20.8. The van der Waals surface area contributed by atoms with Crippen molar-refractivity contribution in [3.63, 3.8) is 0 Å². The van der Waals surface area contributed by atoms with Crippen molar-refractivity contribution in [2.45, 2.75) is 99.9 Å². The predicted octanol–water partition coefficient (Wildman–Crippen LogP) is 6.46. The standard InChI is InChI=1S/C16H36As.H2O/c1-5-9-13-17(14-10-6-2,15-11-7-3)16-12-8-4;/h5-16H2,1-4H3;1H2/q+1;/p-1. The molecule has 0 amide bonds. The van der Waals surface area contributed by atoms with Crippen LogP contribution in [0.5, 0.6) is 0 Å². The van der Waals surface area contributed by atoms with Crippen LogP contribution in [-0.4, -0.2) is 19.0 Å². The molecule has 2 heteroatoms. The third-order valence-corrected chi connectivity index (χ3v) is 14.6. The van der Waals surface area contributed by atoms with E-state index in [1.807, 2.05) is 0 Å². The number of rotatable bonds is 12. The van der Waals surface area contributed by atoms with Crippen LogP contribution < -0.4 is 0 Å². The predicted molar refractivity (Wildman–Crippen MR) is 86.5 cm³/mol. The molecule has 0 unspecified atom stereocenters. The van der Waals surface area contributed by atoms with Gasteiger partial charge in [-0.15, -0.1) is 0 Å². The van der Waals surface area contributed by atoms with E-state index < -0.39 is 13.6 Å². The molecule has 0 bridgehead atoms. The van der Waals surface area contributed by atoms with Crippen LogP contribution in [0.2, 0.25) is 20.8 Å². The van der Waals surface area contributed by atoms with Crippen molar-refractivity contribution in [1.29, 1.82) is 0 Å². The average molecular weight is 320 g/mol. The second kappa shape index (κ2) is 13.9. The Morgan fingerprint density at radius 3 is 0.889 bits per heavy atom. The molecule has 0 atom stereocenters. The summed E-state index contributed by atoms with van der Waals surface area (Å²) in [6.07, 6.45) is 11.7. The number of hydrogen-bond acceptors (Lipinski definition) is 1. The molecular weight excluding hydrogens is 283 g/mol. The Bertz CT molecular complexity index is 122. The Balaban J connectivity index is 0. The van der Waals surface area contributed by atoms with E-state index in [0.717, 1.165) is 0 Å². The Kier molecular flexibility index (Phi) is 16.1. The van der Waals surface area contributed by atoms with Gasteiger partial charge in [0.05, 0.1) is 0 Å². The summed E-state index contributed by atoms with van der Waals surface area (Å²) in [4.78, 5) is 0. The second-order valence-corrected chi connectivity index (χ2v) is 15.0. The SMILES string of the molecule is CCCC[As+](CCCC)(CCCC)CCCC.[OH-]. The van der Waals surface area contributed by atoms with Crippen molar-refractivity contribution in [2.75, 3.05) is 0 Å². The maximum atomic E-state index is 2.37. The topological polar surface area (TPSA) is 30.0 Å². The van der Waals surface area contributed by atoms with Gasteiger partial charge in [0.25, 0.3) is 0 Å². The monoisotopic (exact) mass is 320 g/mol. The molecule has 0 saturated carbocycles. The smallest absolute Gasteiger partial charge is 0.870 e. The first-order chi connectivity index (χ1) is 8.24. The van der Waals surface area contributed by atoms with Crippen molar-refractivity contribution < 1.29 is 5.48 Å². The molecule has 0 aliphatic heterocycles. The minimum atomic E-state index is -1.26. The van der Waals surface area contributed by atoms with Crippen molar-refractivity contribution in [1.82, 2.24) is 0 Å². The maximum absolute atomic E-state index is 2.37. The summed E-state index contributed by atoms with van der Waals surface area (Å²) in [7, 11) is 0. The van der Waals surface area contributed by atoms with E-state index in [9.17, 15) is 0 Å². The summed E-state index contributed by atoms with van der Waals surface area (Å²) in [6, 6.07) is 0. The van der Waals surface area contributed by atoms with Gasteiger partial charge in [-0.25, -0.2) is 0 Å². The second-order valence-electron chi connectivity index (χ2n) is 5.65. The van der Waals surface area contributed by atoms with E-state index >= 15 is 0 Å². The van der Waals surface area contributed by atoms with Crippen molar-refractivity contribution in [2.24, 2.45) is 0 Å². The molecule has 0 aliphatic carbocycles. The number of hydrogen-bond donors (Lipinski definition) is 0. The van der Waals surface area contributed by atoms with Gasteiger partial charge >= 0.3 is 113 Å². The zero-order chi connectivity index (χ0) is 13.0. The molecule has 0 aliphatic rings. The molecule has 0 fully saturated rings. The molecule has 0 spiro atoms. The van der Waals surface area contributed by atoms with Crippen molar-refractivity contribution in [3.8, 4) is 0 Å². The fourth-order valence-corrected chi connectivity index (χ4v) is 13.7. The number of unbranched alkanes of at least 4 members (excludes halogenated alkanes) is 4. The van der Waals surface area contributed by atoms with E-state index in [1.54, 1.807) is 20.8 Å². The molecular formula is C16H37AsO. The molecule has 1 nitrogen and oxygen atoms in total. The summed E-state index contributed by atoms with van der Waals surface area (Å²) in [5, 5.41) is 6.65. The Hall–Kier alpha value is 0.518. The zero-order valence-corrected chi connectivity index (χ0v) is 15.3. The first-order valence-electron chi connectivity index (χ1n) is 8.09. The molecule has 112 valence electrons. The van der Waals surface area contributed by atoms with Crippen LogP contribution in [0, 0.1) is 0 Å². The van der Waals surface area contributed by atoms with Crippen LogP contribution >= 0.6 is 0 Å². The molecule has 0 aromatic carbocycles. The van der Waals surface area contributed by atoms with Gasteiger partial charge in [0.2, 0.25) is 0 Å². The molecule has 0 aromatic rings. The Morgan fingerprint density at radius 2 is 0.722 bits per heavy atom. The van der Waals surface area contributed by atoms with Gasteiger partial charge in [0.15, 0.2) is 0 Å². The molecule has 0 aromatic heterocycles.